The number of carbonyl (C=O) groups is 1. The zero-order chi connectivity index (χ0) is 17.5. The summed E-state index contributed by atoms with van der Waals surface area (Å²) >= 11 is 0. The lowest BCUT2D eigenvalue weighted by molar-refractivity contribution is 0.0696. The molecule has 0 atom stereocenters. The van der Waals surface area contributed by atoms with Gasteiger partial charge in [-0.2, -0.15) is 0 Å². The largest absolute Gasteiger partial charge is 0.478 e. The van der Waals surface area contributed by atoms with Crippen LogP contribution in [0.5, 0.6) is 0 Å². The monoisotopic (exact) mass is 353 g/mol. The van der Waals surface area contributed by atoms with Crippen molar-refractivity contribution in [1.82, 2.24) is 0 Å². The molecule has 5 nitrogen and oxygen atoms in total. The molecule has 1 N–H and O–H groups in total. The van der Waals surface area contributed by atoms with Gasteiger partial charge in [0.1, 0.15) is 16.5 Å². The van der Waals surface area contributed by atoms with Gasteiger partial charge in [0.25, 0.3) is 10.0 Å². The molecule has 0 aliphatic carbocycles. The first-order valence-corrected chi connectivity index (χ1v) is 8.59. The molecule has 0 unspecified atom stereocenters. The molecular formula is C16H13F2NO4S. The Hall–Kier alpha value is -2.48. The Kier molecular flexibility index (Phi) is 4.00. The molecule has 0 saturated heterocycles. The van der Waals surface area contributed by atoms with Crippen LogP contribution in [0.15, 0.2) is 41.3 Å². The van der Waals surface area contributed by atoms with Crippen LogP contribution in [0.3, 0.4) is 0 Å². The van der Waals surface area contributed by atoms with E-state index in [2.05, 4.69) is 0 Å². The number of rotatable bonds is 3. The molecule has 0 fully saturated rings. The SMILES string of the molecule is O=C(O)c1ccc2c(c1)CCCN2S(=O)(=O)c1ccc(F)cc1F. The van der Waals surface area contributed by atoms with Gasteiger partial charge >= 0.3 is 5.97 Å². The minimum atomic E-state index is -4.21. The molecule has 0 aromatic heterocycles. The maximum atomic E-state index is 13.9. The first kappa shape index (κ1) is 16.4. The van der Waals surface area contributed by atoms with Crippen LogP contribution in [-0.2, 0) is 16.4 Å². The number of aromatic carboxylic acids is 1. The second kappa shape index (κ2) is 5.86. The van der Waals surface area contributed by atoms with Gasteiger partial charge in [0.15, 0.2) is 0 Å². The van der Waals surface area contributed by atoms with Crippen molar-refractivity contribution < 1.29 is 27.1 Å². The molecule has 2 aromatic rings. The van der Waals surface area contributed by atoms with E-state index in [-0.39, 0.29) is 12.1 Å². The molecule has 0 amide bonds. The third-order valence-corrected chi connectivity index (χ3v) is 5.71. The highest BCUT2D eigenvalue weighted by molar-refractivity contribution is 7.92. The molecule has 0 bridgehead atoms. The zero-order valence-corrected chi connectivity index (χ0v) is 13.2. The average Bonchev–Trinajstić information content (AvgIpc) is 2.53. The Morgan fingerprint density at radius 2 is 1.88 bits per heavy atom. The normalized spacial score (nSPS) is 14.3. The summed E-state index contributed by atoms with van der Waals surface area (Å²) in [6.45, 7) is 0.137. The highest BCUT2D eigenvalue weighted by Gasteiger charge is 2.31. The lowest BCUT2D eigenvalue weighted by Crippen LogP contribution is -2.36. The summed E-state index contributed by atoms with van der Waals surface area (Å²) in [7, 11) is -4.21. The van der Waals surface area contributed by atoms with Crippen LogP contribution in [0.4, 0.5) is 14.5 Å². The summed E-state index contributed by atoms with van der Waals surface area (Å²) in [6, 6.07) is 6.41. The smallest absolute Gasteiger partial charge is 0.335 e. The topological polar surface area (TPSA) is 74.7 Å². The van der Waals surface area contributed by atoms with Crippen molar-refractivity contribution >= 4 is 21.7 Å². The van der Waals surface area contributed by atoms with E-state index in [0.29, 0.717) is 30.2 Å². The van der Waals surface area contributed by atoms with E-state index < -0.39 is 32.5 Å². The second-order valence-electron chi connectivity index (χ2n) is 5.40. The van der Waals surface area contributed by atoms with E-state index in [1.807, 2.05) is 0 Å². The van der Waals surface area contributed by atoms with E-state index in [1.54, 1.807) is 0 Å². The summed E-state index contributed by atoms with van der Waals surface area (Å²) in [6.07, 6.45) is 0.993. The number of carboxylic acids is 1. The van der Waals surface area contributed by atoms with Gasteiger partial charge < -0.3 is 5.11 Å². The van der Waals surface area contributed by atoms with Crippen molar-refractivity contribution in [1.29, 1.82) is 0 Å². The number of hydrogen-bond acceptors (Lipinski definition) is 3. The number of aryl methyl sites for hydroxylation is 1. The van der Waals surface area contributed by atoms with Crippen molar-refractivity contribution in [2.45, 2.75) is 17.7 Å². The van der Waals surface area contributed by atoms with Gasteiger partial charge in [-0.3, -0.25) is 4.31 Å². The number of hydrogen-bond donors (Lipinski definition) is 1. The van der Waals surface area contributed by atoms with Crippen molar-refractivity contribution in [3.05, 3.63) is 59.2 Å². The number of halogens is 2. The molecule has 8 heteroatoms. The summed E-state index contributed by atoms with van der Waals surface area (Å²) in [4.78, 5) is 10.4. The van der Waals surface area contributed by atoms with E-state index in [0.717, 1.165) is 16.4 Å². The molecule has 1 heterocycles. The Morgan fingerprint density at radius 1 is 1.12 bits per heavy atom. The van der Waals surface area contributed by atoms with E-state index in [4.69, 9.17) is 5.11 Å². The van der Waals surface area contributed by atoms with Crippen LogP contribution in [-0.4, -0.2) is 26.0 Å². The van der Waals surface area contributed by atoms with Crippen molar-refractivity contribution in [2.24, 2.45) is 0 Å². The Balaban J connectivity index is 2.09. The maximum absolute atomic E-state index is 13.9. The van der Waals surface area contributed by atoms with E-state index in [1.165, 1.54) is 18.2 Å². The van der Waals surface area contributed by atoms with Crippen LogP contribution in [0, 0.1) is 11.6 Å². The lowest BCUT2D eigenvalue weighted by Gasteiger charge is -2.30. The number of anilines is 1. The number of nitrogens with zero attached hydrogens (tertiary/aromatic N) is 1. The summed E-state index contributed by atoms with van der Waals surface area (Å²) < 4.78 is 53.5. The van der Waals surface area contributed by atoms with E-state index >= 15 is 0 Å². The van der Waals surface area contributed by atoms with Gasteiger partial charge in [0.2, 0.25) is 0 Å². The standard InChI is InChI=1S/C16H13F2NO4S/c17-12-4-6-15(13(18)9-12)24(22,23)19-7-1-2-10-8-11(16(20)21)3-5-14(10)19/h3-6,8-9H,1-2,7H2,(H,20,21). The zero-order valence-electron chi connectivity index (χ0n) is 12.4. The Morgan fingerprint density at radius 3 is 2.54 bits per heavy atom. The molecule has 126 valence electrons. The highest BCUT2D eigenvalue weighted by Crippen LogP contribution is 2.33. The Labute approximate surface area is 137 Å². The van der Waals surface area contributed by atoms with Crippen LogP contribution < -0.4 is 4.31 Å². The summed E-state index contributed by atoms with van der Waals surface area (Å²) in [5.74, 6) is -3.14. The van der Waals surface area contributed by atoms with Gasteiger partial charge in [-0.25, -0.2) is 22.0 Å². The van der Waals surface area contributed by atoms with Gasteiger partial charge in [-0.05, 0) is 48.7 Å². The van der Waals surface area contributed by atoms with Crippen molar-refractivity contribution in [3.8, 4) is 0 Å². The second-order valence-corrected chi connectivity index (χ2v) is 7.23. The van der Waals surface area contributed by atoms with Crippen LogP contribution in [0.1, 0.15) is 22.3 Å². The first-order valence-electron chi connectivity index (χ1n) is 7.15. The number of fused-ring (bicyclic) bond motifs is 1. The summed E-state index contributed by atoms with van der Waals surface area (Å²) in [5, 5.41) is 9.04. The molecule has 0 saturated carbocycles. The molecule has 0 spiro atoms. The van der Waals surface area contributed by atoms with Gasteiger partial charge in [0.05, 0.1) is 11.3 Å². The average molecular weight is 353 g/mol. The minimum Gasteiger partial charge on any atom is -0.478 e. The first-order chi connectivity index (χ1) is 11.3. The van der Waals surface area contributed by atoms with Crippen LogP contribution in [0.2, 0.25) is 0 Å². The fourth-order valence-electron chi connectivity index (χ4n) is 2.75. The third kappa shape index (κ3) is 2.73. The van der Waals surface area contributed by atoms with Crippen molar-refractivity contribution in [3.63, 3.8) is 0 Å². The quantitative estimate of drug-likeness (QED) is 0.921. The molecule has 3 rings (SSSR count). The van der Waals surface area contributed by atoms with Gasteiger partial charge in [-0.15, -0.1) is 0 Å². The highest BCUT2D eigenvalue weighted by atomic mass is 32.2. The van der Waals surface area contributed by atoms with Crippen LogP contribution >= 0.6 is 0 Å². The number of benzene rings is 2. The van der Waals surface area contributed by atoms with Crippen LogP contribution in [0.25, 0.3) is 0 Å². The minimum absolute atomic E-state index is 0.0564. The molecule has 1 aliphatic heterocycles. The summed E-state index contributed by atoms with van der Waals surface area (Å²) in [5.41, 5.74) is 0.934. The third-order valence-electron chi connectivity index (χ3n) is 3.86. The molecule has 2 aromatic carbocycles. The Bertz CT molecular complexity index is 928. The number of carboxylic acid groups (broad SMARTS) is 1. The predicted molar refractivity (Wildman–Crippen MR) is 82.6 cm³/mol. The molecule has 24 heavy (non-hydrogen) atoms. The van der Waals surface area contributed by atoms with Gasteiger partial charge in [-0.1, -0.05) is 0 Å². The predicted octanol–water partition coefficient (Wildman–Crippen LogP) is 2.80. The fourth-order valence-corrected chi connectivity index (χ4v) is 4.34. The van der Waals surface area contributed by atoms with Crippen molar-refractivity contribution in [2.75, 3.05) is 10.8 Å². The van der Waals surface area contributed by atoms with E-state index in [9.17, 15) is 22.0 Å². The maximum Gasteiger partial charge on any atom is 0.335 e. The molecule has 1 aliphatic rings. The molecular weight excluding hydrogens is 340 g/mol. The fraction of sp³-hybridized carbons (Fsp3) is 0.188. The van der Waals surface area contributed by atoms with Gasteiger partial charge in [0, 0.05) is 12.6 Å². The molecule has 0 radical (unpaired) electrons. The number of sulfonamides is 1. The lowest BCUT2D eigenvalue weighted by atomic mass is 10.0.